The van der Waals surface area contributed by atoms with Crippen LogP contribution in [0.2, 0.25) is 0 Å². The summed E-state index contributed by atoms with van der Waals surface area (Å²) in [6.07, 6.45) is 9.36. The van der Waals surface area contributed by atoms with E-state index in [0.29, 0.717) is 41.8 Å². The Morgan fingerprint density at radius 2 is 1.94 bits per heavy atom. The molecule has 0 amide bonds. The molecule has 170 valence electrons. The number of pyridine rings is 1. The number of fused-ring (bicyclic) bond motifs is 1. The van der Waals surface area contributed by atoms with Crippen LogP contribution in [0.4, 0.5) is 11.6 Å². The molecule has 1 aromatic carbocycles. The van der Waals surface area contributed by atoms with E-state index < -0.39 is 0 Å². The van der Waals surface area contributed by atoms with Gasteiger partial charge in [-0.3, -0.25) is 0 Å². The molecule has 0 saturated heterocycles. The second-order valence-electron chi connectivity index (χ2n) is 8.63. The van der Waals surface area contributed by atoms with Gasteiger partial charge < -0.3 is 14.8 Å². The Bertz CT molecular complexity index is 1220. The normalized spacial score (nSPS) is 13.4. The van der Waals surface area contributed by atoms with Crippen LogP contribution in [-0.2, 0) is 0 Å². The lowest BCUT2D eigenvalue weighted by Gasteiger charge is -2.10. The molecule has 0 bridgehead atoms. The molecule has 9 heteroatoms. The molecular weight excluding hydrogens is 418 g/mol. The van der Waals surface area contributed by atoms with Crippen molar-refractivity contribution in [3.63, 3.8) is 0 Å². The first kappa shape index (κ1) is 21.1. The predicted molar refractivity (Wildman–Crippen MR) is 125 cm³/mol. The second-order valence-corrected chi connectivity index (χ2v) is 8.63. The van der Waals surface area contributed by atoms with Gasteiger partial charge in [-0.05, 0) is 55.9 Å². The van der Waals surface area contributed by atoms with E-state index in [9.17, 15) is 0 Å². The minimum atomic E-state index is 0.423. The maximum Gasteiger partial charge on any atom is 0.219 e. The summed E-state index contributed by atoms with van der Waals surface area (Å²) in [4.78, 5) is 14.9. The molecule has 0 spiro atoms. The Hall–Kier alpha value is -3.75. The van der Waals surface area contributed by atoms with Crippen LogP contribution >= 0.6 is 0 Å². The van der Waals surface area contributed by atoms with E-state index in [1.807, 2.05) is 24.3 Å². The number of nitrogens with zero attached hydrogens (tertiary/aromatic N) is 6. The van der Waals surface area contributed by atoms with Crippen LogP contribution < -0.4 is 14.8 Å². The molecule has 3 heterocycles. The summed E-state index contributed by atoms with van der Waals surface area (Å²) in [6.45, 7) is 5.12. The average molecular weight is 446 g/mol. The van der Waals surface area contributed by atoms with Gasteiger partial charge in [0.25, 0.3) is 0 Å². The van der Waals surface area contributed by atoms with Crippen LogP contribution in [0.5, 0.6) is 17.4 Å². The van der Waals surface area contributed by atoms with Crippen molar-refractivity contribution in [2.75, 3.05) is 11.9 Å². The van der Waals surface area contributed by atoms with Crippen molar-refractivity contribution < 1.29 is 9.47 Å². The zero-order chi connectivity index (χ0) is 22.6. The maximum absolute atomic E-state index is 5.97. The number of benzene rings is 1. The minimum absolute atomic E-state index is 0.423. The van der Waals surface area contributed by atoms with Crippen molar-refractivity contribution in [1.82, 2.24) is 29.9 Å². The summed E-state index contributed by atoms with van der Waals surface area (Å²) >= 11 is 0. The quantitative estimate of drug-likeness (QED) is 0.328. The molecule has 1 fully saturated rings. The maximum atomic E-state index is 5.97. The van der Waals surface area contributed by atoms with Crippen LogP contribution in [0, 0.1) is 5.92 Å². The third-order valence-corrected chi connectivity index (χ3v) is 5.36. The molecule has 1 aliphatic carbocycles. The number of aromatic nitrogens is 6. The number of nitrogens with one attached hydrogen (secondary N) is 1. The van der Waals surface area contributed by atoms with Crippen LogP contribution in [0.25, 0.3) is 10.9 Å². The van der Waals surface area contributed by atoms with Gasteiger partial charge in [0.05, 0.1) is 30.6 Å². The van der Waals surface area contributed by atoms with E-state index in [0.717, 1.165) is 42.3 Å². The Kier molecular flexibility index (Phi) is 6.01. The fourth-order valence-corrected chi connectivity index (χ4v) is 3.45. The van der Waals surface area contributed by atoms with Crippen molar-refractivity contribution >= 4 is 22.5 Å². The summed E-state index contributed by atoms with van der Waals surface area (Å²) < 4.78 is 11.7. The van der Waals surface area contributed by atoms with Gasteiger partial charge in [0, 0.05) is 11.5 Å². The van der Waals surface area contributed by atoms with Gasteiger partial charge in [-0.2, -0.15) is 9.90 Å². The Morgan fingerprint density at radius 1 is 1.06 bits per heavy atom. The van der Waals surface area contributed by atoms with Gasteiger partial charge in [-0.1, -0.05) is 13.8 Å². The molecule has 0 aliphatic heterocycles. The first-order valence-electron chi connectivity index (χ1n) is 11.3. The zero-order valence-corrected chi connectivity index (χ0v) is 18.8. The molecule has 0 unspecified atom stereocenters. The molecule has 3 aromatic heterocycles. The van der Waals surface area contributed by atoms with Gasteiger partial charge >= 0.3 is 0 Å². The van der Waals surface area contributed by atoms with E-state index in [1.165, 1.54) is 6.33 Å². The molecule has 1 aliphatic rings. The molecular formula is C24H27N7O2. The molecule has 1 N–H and O–H groups in total. The SMILES string of the molecule is CC(C)CCCOc1ccc(Oc2ccc3ncnc(Nc4cnn(C5CC5)n4)c3c2)nc1. The highest BCUT2D eigenvalue weighted by Crippen LogP contribution is 2.34. The van der Waals surface area contributed by atoms with Crippen molar-refractivity contribution in [1.29, 1.82) is 0 Å². The third kappa shape index (κ3) is 5.36. The smallest absolute Gasteiger partial charge is 0.219 e. The van der Waals surface area contributed by atoms with Gasteiger partial charge in [-0.25, -0.2) is 15.0 Å². The van der Waals surface area contributed by atoms with E-state index in [1.54, 1.807) is 23.3 Å². The molecule has 4 aromatic rings. The Labute approximate surface area is 192 Å². The number of rotatable bonds is 10. The summed E-state index contributed by atoms with van der Waals surface area (Å²) in [6, 6.07) is 9.75. The number of hydrogen-bond acceptors (Lipinski definition) is 8. The highest BCUT2D eigenvalue weighted by Gasteiger charge is 2.25. The van der Waals surface area contributed by atoms with Gasteiger partial charge in [0.15, 0.2) is 5.82 Å². The average Bonchev–Trinajstić information content (AvgIpc) is 3.57. The summed E-state index contributed by atoms with van der Waals surface area (Å²) in [5, 5.41) is 12.9. The van der Waals surface area contributed by atoms with Gasteiger partial charge in [0.2, 0.25) is 5.88 Å². The van der Waals surface area contributed by atoms with E-state index in [-0.39, 0.29) is 0 Å². The second kappa shape index (κ2) is 9.40. The summed E-state index contributed by atoms with van der Waals surface area (Å²) in [5.41, 5.74) is 0.799. The first-order chi connectivity index (χ1) is 16.1. The number of anilines is 2. The molecule has 9 nitrogen and oxygen atoms in total. The lowest BCUT2D eigenvalue weighted by atomic mass is 10.1. The van der Waals surface area contributed by atoms with E-state index >= 15 is 0 Å². The fraction of sp³-hybridized carbons (Fsp3) is 0.375. The highest BCUT2D eigenvalue weighted by atomic mass is 16.5. The van der Waals surface area contributed by atoms with E-state index in [2.05, 4.69) is 44.3 Å². The number of hydrogen-bond donors (Lipinski definition) is 1. The van der Waals surface area contributed by atoms with Crippen molar-refractivity contribution in [3.8, 4) is 17.4 Å². The third-order valence-electron chi connectivity index (χ3n) is 5.36. The first-order valence-corrected chi connectivity index (χ1v) is 11.3. The fourth-order valence-electron chi connectivity index (χ4n) is 3.45. The van der Waals surface area contributed by atoms with Crippen molar-refractivity contribution in [2.45, 2.75) is 45.6 Å². The molecule has 0 radical (unpaired) electrons. The summed E-state index contributed by atoms with van der Waals surface area (Å²) in [5.74, 6) is 3.85. The van der Waals surface area contributed by atoms with Crippen LogP contribution in [0.3, 0.4) is 0 Å². The molecule has 33 heavy (non-hydrogen) atoms. The molecule has 5 rings (SSSR count). The van der Waals surface area contributed by atoms with Gasteiger partial charge in [-0.15, -0.1) is 5.10 Å². The van der Waals surface area contributed by atoms with Crippen molar-refractivity contribution in [2.24, 2.45) is 5.92 Å². The van der Waals surface area contributed by atoms with Crippen molar-refractivity contribution in [3.05, 3.63) is 49.1 Å². The standard InChI is InChI=1S/C24H27N7O2/c1-16(2)4-3-11-32-19-8-10-23(25-13-19)33-18-7-9-21-20(12-18)24(27-15-26-21)29-22-14-28-31(30-22)17-5-6-17/h7-10,12-17H,3-6,11H2,1-2H3,(H,26,27,29,30). The largest absolute Gasteiger partial charge is 0.492 e. The zero-order valence-electron chi connectivity index (χ0n) is 18.8. The van der Waals surface area contributed by atoms with Crippen LogP contribution in [0.1, 0.15) is 45.6 Å². The lowest BCUT2D eigenvalue weighted by molar-refractivity contribution is 0.296. The van der Waals surface area contributed by atoms with E-state index in [4.69, 9.17) is 9.47 Å². The van der Waals surface area contributed by atoms with Gasteiger partial charge in [0.1, 0.15) is 23.6 Å². The molecule has 0 atom stereocenters. The molecule has 1 saturated carbocycles. The van der Waals surface area contributed by atoms with Crippen LogP contribution in [-0.4, -0.2) is 36.6 Å². The minimum Gasteiger partial charge on any atom is -0.492 e. The Balaban J connectivity index is 1.27. The highest BCUT2D eigenvalue weighted by molar-refractivity contribution is 5.91. The Morgan fingerprint density at radius 3 is 2.73 bits per heavy atom. The predicted octanol–water partition coefficient (Wildman–Crippen LogP) is 5.30. The summed E-state index contributed by atoms with van der Waals surface area (Å²) in [7, 11) is 0. The van der Waals surface area contributed by atoms with Crippen LogP contribution in [0.15, 0.2) is 49.1 Å². The lowest BCUT2D eigenvalue weighted by Crippen LogP contribution is -2.01. The topological polar surface area (TPSA) is 99.9 Å². The monoisotopic (exact) mass is 445 g/mol. The number of ether oxygens (including phenoxy) is 2.